The quantitative estimate of drug-likeness (QED) is 0.646. The second-order valence-electron chi connectivity index (χ2n) is 4.77. The van der Waals surface area contributed by atoms with Gasteiger partial charge in [-0.25, -0.2) is 0 Å². The van der Waals surface area contributed by atoms with Crippen LogP contribution in [0.3, 0.4) is 0 Å². The molecule has 0 fully saturated rings. The molecule has 6 nitrogen and oxygen atoms in total. The Balaban J connectivity index is 2.13. The van der Waals surface area contributed by atoms with Crippen molar-refractivity contribution in [1.29, 1.82) is 0 Å². The van der Waals surface area contributed by atoms with Crippen LogP contribution in [-0.2, 0) is 9.59 Å². The molecule has 1 aromatic rings. The van der Waals surface area contributed by atoms with Gasteiger partial charge < -0.3 is 15.7 Å². The summed E-state index contributed by atoms with van der Waals surface area (Å²) in [6.45, 7) is 2.12. The highest BCUT2D eigenvalue weighted by Crippen LogP contribution is 2.05. The fourth-order valence-electron chi connectivity index (χ4n) is 1.76. The first kappa shape index (κ1) is 17.2. The van der Waals surface area contributed by atoms with E-state index < -0.39 is 5.97 Å². The van der Waals surface area contributed by atoms with E-state index in [4.69, 9.17) is 5.11 Å². The van der Waals surface area contributed by atoms with Gasteiger partial charge in [-0.15, -0.1) is 0 Å². The van der Waals surface area contributed by atoms with E-state index in [9.17, 15) is 14.4 Å². The Morgan fingerprint density at radius 1 is 1.33 bits per heavy atom. The van der Waals surface area contributed by atoms with Crippen molar-refractivity contribution in [2.45, 2.75) is 38.6 Å². The molecule has 0 aromatic carbocycles. The van der Waals surface area contributed by atoms with Crippen LogP contribution in [0.5, 0.6) is 0 Å². The van der Waals surface area contributed by atoms with E-state index in [1.54, 1.807) is 11.4 Å². The molecule has 0 radical (unpaired) electrons. The molecule has 116 valence electrons. The van der Waals surface area contributed by atoms with Crippen LogP contribution in [0.2, 0.25) is 0 Å². The number of carboxylic acids is 1. The number of amides is 2. The SMILES string of the molecule is CC(CCCC(=O)O)NC(=O)CCNC(=O)c1ccsc1. The number of carbonyl (C=O) groups is 3. The number of aliphatic carboxylic acids is 1. The van der Waals surface area contributed by atoms with Gasteiger partial charge in [0.1, 0.15) is 0 Å². The van der Waals surface area contributed by atoms with E-state index in [0.29, 0.717) is 18.4 Å². The van der Waals surface area contributed by atoms with Gasteiger partial charge in [-0.3, -0.25) is 14.4 Å². The van der Waals surface area contributed by atoms with E-state index in [0.717, 1.165) is 0 Å². The minimum Gasteiger partial charge on any atom is -0.481 e. The van der Waals surface area contributed by atoms with Crippen LogP contribution in [0, 0.1) is 0 Å². The van der Waals surface area contributed by atoms with Gasteiger partial charge in [0.05, 0.1) is 0 Å². The lowest BCUT2D eigenvalue weighted by Crippen LogP contribution is -2.35. The van der Waals surface area contributed by atoms with E-state index in [-0.39, 0.29) is 37.2 Å². The van der Waals surface area contributed by atoms with Crippen molar-refractivity contribution in [2.75, 3.05) is 6.54 Å². The summed E-state index contributed by atoms with van der Waals surface area (Å²) in [4.78, 5) is 33.6. The second-order valence-corrected chi connectivity index (χ2v) is 5.55. The fourth-order valence-corrected chi connectivity index (χ4v) is 2.40. The van der Waals surface area contributed by atoms with E-state index in [2.05, 4.69) is 10.6 Å². The lowest BCUT2D eigenvalue weighted by molar-refractivity contribution is -0.137. The Morgan fingerprint density at radius 2 is 2.10 bits per heavy atom. The van der Waals surface area contributed by atoms with Gasteiger partial charge in [0.2, 0.25) is 5.91 Å². The molecule has 2 amide bonds. The summed E-state index contributed by atoms with van der Waals surface area (Å²) in [5.41, 5.74) is 0.599. The maximum Gasteiger partial charge on any atom is 0.303 e. The van der Waals surface area contributed by atoms with Gasteiger partial charge in [-0.1, -0.05) is 0 Å². The first-order valence-corrected chi connectivity index (χ1v) is 7.75. The molecule has 1 atom stereocenters. The molecule has 1 rings (SSSR count). The Bertz CT molecular complexity index is 473. The maximum atomic E-state index is 11.6. The Morgan fingerprint density at radius 3 is 2.71 bits per heavy atom. The van der Waals surface area contributed by atoms with Gasteiger partial charge >= 0.3 is 5.97 Å². The minimum absolute atomic E-state index is 0.0653. The average Bonchev–Trinajstić information content (AvgIpc) is 2.91. The molecular formula is C14H20N2O4S. The zero-order chi connectivity index (χ0) is 15.7. The van der Waals surface area contributed by atoms with Crippen LogP contribution >= 0.6 is 11.3 Å². The molecule has 0 aliphatic rings. The monoisotopic (exact) mass is 312 g/mol. The van der Waals surface area contributed by atoms with Gasteiger partial charge in [0.25, 0.3) is 5.91 Å². The van der Waals surface area contributed by atoms with E-state index in [1.165, 1.54) is 11.3 Å². The number of carbonyl (C=O) groups excluding carboxylic acids is 2. The van der Waals surface area contributed by atoms with Crippen LogP contribution in [0.1, 0.15) is 43.0 Å². The first-order chi connectivity index (χ1) is 9.99. The third-order valence-electron chi connectivity index (χ3n) is 2.86. The maximum absolute atomic E-state index is 11.6. The number of rotatable bonds is 9. The van der Waals surface area contributed by atoms with E-state index in [1.807, 2.05) is 12.3 Å². The van der Waals surface area contributed by atoms with Crippen molar-refractivity contribution in [3.63, 3.8) is 0 Å². The van der Waals surface area contributed by atoms with Crippen molar-refractivity contribution in [3.05, 3.63) is 22.4 Å². The highest BCUT2D eigenvalue weighted by molar-refractivity contribution is 7.08. The first-order valence-electron chi connectivity index (χ1n) is 6.80. The van der Waals surface area contributed by atoms with Gasteiger partial charge in [-0.2, -0.15) is 11.3 Å². The van der Waals surface area contributed by atoms with E-state index >= 15 is 0 Å². The predicted octanol–water partition coefficient (Wildman–Crippen LogP) is 1.63. The van der Waals surface area contributed by atoms with Crippen molar-refractivity contribution in [3.8, 4) is 0 Å². The molecular weight excluding hydrogens is 292 g/mol. The summed E-state index contributed by atoms with van der Waals surface area (Å²) in [5, 5.41) is 17.6. The molecule has 1 unspecified atom stereocenters. The van der Waals surface area contributed by atoms with Crippen molar-refractivity contribution >= 4 is 29.1 Å². The molecule has 0 aliphatic heterocycles. The molecule has 0 saturated heterocycles. The number of carboxylic acid groups (broad SMARTS) is 1. The predicted molar refractivity (Wildman–Crippen MR) is 80.4 cm³/mol. The Kier molecular flexibility index (Phi) is 7.45. The number of nitrogens with one attached hydrogen (secondary N) is 2. The second kappa shape index (κ2) is 9.12. The minimum atomic E-state index is -0.829. The van der Waals surface area contributed by atoms with Crippen molar-refractivity contribution < 1.29 is 19.5 Å². The molecule has 0 saturated carbocycles. The number of hydrogen-bond donors (Lipinski definition) is 3. The average molecular weight is 312 g/mol. The lowest BCUT2D eigenvalue weighted by atomic mass is 10.1. The van der Waals surface area contributed by atoms with Crippen LogP contribution in [-0.4, -0.2) is 35.5 Å². The zero-order valence-electron chi connectivity index (χ0n) is 11.9. The largest absolute Gasteiger partial charge is 0.481 e. The molecule has 1 aromatic heterocycles. The molecule has 0 spiro atoms. The molecule has 21 heavy (non-hydrogen) atoms. The third-order valence-corrected chi connectivity index (χ3v) is 3.54. The highest BCUT2D eigenvalue weighted by atomic mass is 32.1. The van der Waals surface area contributed by atoms with Crippen LogP contribution in [0.25, 0.3) is 0 Å². The fraction of sp³-hybridized carbons (Fsp3) is 0.500. The van der Waals surface area contributed by atoms with Crippen LogP contribution < -0.4 is 10.6 Å². The number of thiophene rings is 1. The zero-order valence-corrected chi connectivity index (χ0v) is 12.7. The normalized spacial score (nSPS) is 11.7. The molecule has 1 heterocycles. The van der Waals surface area contributed by atoms with Crippen LogP contribution in [0.4, 0.5) is 0 Å². The Labute approximate surface area is 127 Å². The van der Waals surface area contributed by atoms with Gasteiger partial charge in [-0.05, 0) is 31.2 Å². The Hall–Kier alpha value is -1.89. The summed E-state index contributed by atoms with van der Waals surface area (Å²) in [6.07, 6.45) is 1.47. The smallest absolute Gasteiger partial charge is 0.303 e. The van der Waals surface area contributed by atoms with Crippen molar-refractivity contribution in [1.82, 2.24) is 10.6 Å². The van der Waals surface area contributed by atoms with Gasteiger partial charge in [0, 0.05) is 36.4 Å². The third kappa shape index (κ3) is 7.45. The summed E-state index contributed by atoms with van der Waals surface area (Å²) >= 11 is 1.44. The molecule has 0 aliphatic carbocycles. The summed E-state index contributed by atoms with van der Waals surface area (Å²) in [5.74, 6) is -1.16. The standard InChI is InChI=1S/C14H20N2O4S/c1-10(3-2-4-13(18)19)16-12(17)5-7-15-14(20)11-6-8-21-9-11/h6,8-10H,2-5,7H2,1H3,(H,15,20)(H,16,17)(H,18,19). The van der Waals surface area contributed by atoms with Crippen LogP contribution in [0.15, 0.2) is 16.8 Å². The summed E-state index contributed by atoms with van der Waals surface area (Å²) in [6, 6.07) is 1.66. The highest BCUT2D eigenvalue weighted by Gasteiger charge is 2.09. The summed E-state index contributed by atoms with van der Waals surface area (Å²) in [7, 11) is 0. The topological polar surface area (TPSA) is 95.5 Å². The summed E-state index contributed by atoms with van der Waals surface area (Å²) < 4.78 is 0. The van der Waals surface area contributed by atoms with Crippen molar-refractivity contribution in [2.24, 2.45) is 0 Å². The molecule has 3 N–H and O–H groups in total. The molecule has 7 heteroatoms. The number of hydrogen-bond acceptors (Lipinski definition) is 4. The molecule has 0 bridgehead atoms. The van der Waals surface area contributed by atoms with Gasteiger partial charge in [0.15, 0.2) is 0 Å². The lowest BCUT2D eigenvalue weighted by Gasteiger charge is -2.13.